The zero-order valence-corrected chi connectivity index (χ0v) is 65.8. The molecular weight excluding hydrogens is 1330 g/mol. The molecule has 102 heavy (non-hydrogen) atoms. The third-order valence-corrected chi connectivity index (χ3v) is 18.6. The highest BCUT2D eigenvalue weighted by atomic mass is 31.2. The Labute approximate surface area is 619 Å². The number of ether oxygens (including phenoxy) is 4. The van der Waals surface area contributed by atoms with E-state index in [4.69, 9.17) is 37.0 Å². The fourth-order valence-corrected chi connectivity index (χ4v) is 12.1. The molecule has 0 spiro atoms. The molecule has 588 valence electrons. The van der Waals surface area contributed by atoms with Crippen LogP contribution in [0.1, 0.15) is 329 Å². The molecule has 0 saturated carbocycles. The van der Waals surface area contributed by atoms with E-state index in [2.05, 4.69) is 118 Å². The first kappa shape index (κ1) is 97.9. The summed E-state index contributed by atoms with van der Waals surface area (Å²) in [7, 11) is -9.87. The number of unbranched alkanes of at least 4 members (excludes halogenated alkanes) is 32. The molecule has 0 aromatic heterocycles. The number of aliphatic hydroxyl groups excluding tert-OH is 1. The second-order valence-electron chi connectivity index (χ2n) is 26.6. The first-order valence-electron chi connectivity index (χ1n) is 40.1. The van der Waals surface area contributed by atoms with E-state index < -0.39 is 84.9 Å². The molecule has 0 radical (unpaired) electrons. The Balaban J connectivity index is 5.36. The standard InChI is InChI=1S/C83H144O17P2/c1-4-7-10-13-16-19-22-25-28-29-34-39-44-49-54-59-64-69-83(88)100-80(75-94-81(86)67-62-57-52-47-42-37-32-26-23-20-17-14-11-8-5-2)77-98-102(91,92)96-73-78(85)72-95-101(89,90)97-76-79(99-82(87)68-63-58-53-48-43-38-33-27-24-21-18-15-12-9-6-3)74-93-71-66-61-56-51-46-41-36-31-30-35-40-45-50-55-60-65-70-84/h16-21,25-28,30,32-35,39,49,54,70,78-80,85H,4-15,22-24,29,31,36-38,40-48,50-53,55-69,71-77H2,1-3H3,(H,89,90)(H,91,92)/b19-16-,20-17-,21-18-,28-25-,32-26-,33-27-,35-30-,39-34-,54-49-/t78-,79+,80+/m0/s1. The SMILES string of the molecule is CCCCC/C=C\C/C=C\C/C=C\C/C=C\CCCC(=O)O[C@H](COC(=O)CCCCCCC/C=C\C/C=C\CCCCC)COP(=O)(O)OC[C@@H](O)COP(=O)(O)OC[C@@H](COCCCCCCCCC/C=C\CCCCCCC=O)OC(=O)CCCCCCC/C=C\C/C=C\CCCCC. The van der Waals surface area contributed by atoms with Crippen LogP contribution in [0.15, 0.2) is 109 Å². The molecule has 0 amide bonds. The molecule has 17 nitrogen and oxygen atoms in total. The molecular formula is C83H144O17P2. The van der Waals surface area contributed by atoms with E-state index in [1.165, 1.54) is 83.5 Å². The van der Waals surface area contributed by atoms with E-state index in [1.54, 1.807) is 0 Å². The topological polar surface area (TPSA) is 237 Å². The third-order valence-electron chi connectivity index (χ3n) is 16.7. The average Bonchev–Trinajstić information content (AvgIpc) is 0.915. The zero-order valence-electron chi connectivity index (χ0n) is 64.0. The van der Waals surface area contributed by atoms with E-state index in [1.807, 2.05) is 12.2 Å². The number of phosphoric ester groups is 2. The summed E-state index contributed by atoms with van der Waals surface area (Å²) in [6, 6.07) is 0. The molecule has 19 heteroatoms. The minimum absolute atomic E-state index is 0.0250. The van der Waals surface area contributed by atoms with Crippen LogP contribution in [0.5, 0.6) is 0 Å². The van der Waals surface area contributed by atoms with Crippen molar-refractivity contribution in [3.05, 3.63) is 109 Å². The van der Waals surface area contributed by atoms with E-state index >= 15 is 0 Å². The largest absolute Gasteiger partial charge is 0.472 e. The van der Waals surface area contributed by atoms with Gasteiger partial charge < -0.3 is 38.6 Å². The van der Waals surface area contributed by atoms with Crippen LogP contribution >= 0.6 is 15.6 Å². The molecule has 0 aromatic rings. The third kappa shape index (κ3) is 75.6. The number of allylic oxidation sites excluding steroid dienone is 18. The summed E-state index contributed by atoms with van der Waals surface area (Å²) in [5, 5.41) is 10.6. The minimum Gasteiger partial charge on any atom is -0.462 e. The van der Waals surface area contributed by atoms with Crippen molar-refractivity contribution in [1.29, 1.82) is 0 Å². The lowest BCUT2D eigenvalue weighted by Gasteiger charge is -2.21. The van der Waals surface area contributed by atoms with Gasteiger partial charge in [-0.2, -0.15) is 0 Å². The monoisotopic (exact) mass is 1470 g/mol. The van der Waals surface area contributed by atoms with Crippen molar-refractivity contribution < 1.29 is 80.2 Å². The van der Waals surface area contributed by atoms with Gasteiger partial charge in [-0.15, -0.1) is 0 Å². The fraction of sp³-hybridized carbons (Fsp3) is 0.735. The highest BCUT2D eigenvalue weighted by Crippen LogP contribution is 2.45. The Kier molecular flexibility index (Phi) is 73.4. The Morgan fingerprint density at radius 3 is 0.961 bits per heavy atom. The van der Waals surface area contributed by atoms with Gasteiger partial charge in [0.05, 0.1) is 33.0 Å². The van der Waals surface area contributed by atoms with Gasteiger partial charge >= 0.3 is 33.6 Å². The molecule has 0 aromatic carbocycles. The van der Waals surface area contributed by atoms with E-state index in [0.717, 1.165) is 180 Å². The number of carbonyl (C=O) groups excluding carboxylic acids is 4. The normalized spacial score (nSPS) is 14.5. The van der Waals surface area contributed by atoms with E-state index in [0.29, 0.717) is 38.7 Å². The van der Waals surface area contributed by atoms with Crippen LogP contribution < -0.4 is 0 Å². The van der Waals surface area contributed by atoms with Crippen molar-refractivity contribution >= 4 is 39.8 Å². The number of rotatable bonds is 77. The Hall–Kier alpha value is -4.12. The molecule has 5 atom stereocenters. The summed E-state index contributed by atoms with van der Waals surface area (Å²) in [6.45, 7) is 3.50. The predicted molar refractivity (Wildman–Crippen MR) is 418 cm³/mol. The van der Waals surface area contributed by atoms with Crippen molar-refractivity contribution in [3.63, 3.8) is 0 Å². The lowest BCUT2D eigenvalue weighted by molar-refractivity contribution is -0.161. The quantitative estimate of drug-likeness (QED) is 0.0128. The van der Waals surface area contributed by atoms with Crippen LogP contribution in [0.3, 0.4) is 0 Å². The van der Waals surface area contributed by atoms with Gasteiger partial charge in [-0.1, -0.05) is 252 Å². The summed E-state index contributed by atoms with van der Waals surface area (Å²) >= 11 is 0. The van der Waals surface area contributed by atoms with Crippen LogP contribution in [0, 0.1) is 0 Å². The Morgan fingerprint density at radius 1 is 0.314 bits per heavy atom. The van der Waals surface area contributed by atoms with Gasteiger partial charge in [-0.3, -0.25) is 32.5 Å². The second-order valence-corrected chi connectivity index (χ2v) is 29.5. The maximum Gasteiger partial charge on any atom is 0.472 e. The lowest BCUT2D eigenvalue weighted by atomic mass is 10.1. The van der Waals surface area contributed by atoms with Crippen LogP contribution in [0.2, 0.25) is 0 Å². The summed E-state index contributed by atoms with van der Waals surface area (Å²) in [4.78, 5) is 70.6. The molecule has 0 aliphatic heterocycles. The molecule has 3 N–H and O–H groups in total. The first-order chi connectivity index (χ1) is 49.8. The van der Waals surface area contributed by atoms with Crippen LogP contribution in [-0.2, 0) is 65.4 Å². The average molecular weight is 1480 g/mol. The molecule has 0 aliphatic rings. The van der Waals surface area contributed by atoms with Crippen LogP contribution in [0.25, 0.3) is 0 Å². The molecule has 0 fully saturated rings. The zero-order chi connectivity index (χ0) is 74.4. The van der Waals surface area contributed by atoms with Gasteiger partial charge in [0.25, 0.3) is 0 Å². The van der Waals surface area contributed by atoms with Gasteiger partial charge in [0, 0.05) is 32.3 Å². The molecule has 0 saturated heterocycles. The van der Waals surface area contributed by atoms with Gasteiger partial charge in [-0.05, 0) is 161 Å². The molecule has 0 rings (SSSR count). The highest BCUT2D eigenvalue weighted by molar-refractivity contribution is 7.47. The number of aliphatic hydroxyl groups is 1. The van der Waals surface area contributed by atoms with E-state index in [-0.39, 0.29) is 25.9 Å². The van der Waals surface area contributed by atoms with Gasteiger partial charge in [0.15, 0.2) is 6.10 Å². The Bertz CT molecular complexity index is 2330. The van der Waals surface area contributed by atoms with Crippen molar-refractivity contribution in [2.75, 3.05) is 46.2 Å². The maximum atomic E-state index is 13.1. The molecule has 0 aliphatic carbocycles. The number of hydrogen-bond donors (Lipinski definition) is 3. The summed E-state index contributed by atoms with van der Waals surface area (Å²) in [6.07, 6.45) is 82.6. The number of aldehydes is 1. The van der Waals surface area contributed by atoms with Crippen molar-refractivity contribution in [3.8, 4) is 0 Å². The fourth-order valence-electron chi connectivity index (χ4n) is 10.5. The van der Waals surface area contributed by atoms with Gasteiger partial charge in [0.2, 0.25) is 0 Å². The molecule has 0 heterocycles. The summed E-state index contributed by atoms with van der Waals surface area (Å²) in [5.74, 6) is -1.63. The predicted octanol–water partition coefficient (Wildman–Crippen LogP) is 23.0. The summed E-state index contributed by atoms with van der Waals surface area (Å²) < 4.78 is 69.2. The van der Waals surface area contributed by atoms with Crippen LogP contribution in [-0.4, -0.2) is 104 Å². The number of esters is 3. The van der Waals surface area contributed by atoms with Crippen molar-refractivity contribution in [2.45, 2.75) is 347 Å². The van der Waals surface area contributed by atoms with Crippen molar-refractivity contribution in [1.82, 2.24) is 0 Å². The summed E-state index contributed by atoms with van der Waals surface area (Å²) in [5.41, 5.74) is 0. The maximum absolute atomic E-state index is 13.1. The van der Waals surface area contributed by atoms with Crippen molar-refractivity contribution in [2.24, 2.45) is 0 Å². The smallest absolute Gasteiger partial charge is 0.462 e. The molecule has 2 unspecified atom stereocenters. The molecule has 0 bridgehead atoms. The lowest BCUT2D eigenvalue weighted by Crippen LogP contribution is -2.30. The highest BCUT2D eigenvalue weighted by Gasteiger charge is 2.30. The minimum atomic E-state index is -4.97. The van der Waals surface area contributed by atoms with Gasteiger partial charge in [0.1, 0.15) is 25.1 Å². The van der Waals surface area contributed by atoms with Crippen LogP contribution in [0.4, 0.5) is 0 Å². The first-order valence-corrected chi connectivity index (χ1v) is 43.1. The van der Waals surface area contributed by atoms with E-state index in [9.17, 15) is 43.2 Å². The number of phosphoric acid groups is 2. The second kappa shape index (κ2) is 76.5. The number of carbonyl (C=O) groups is 4. The van der Waals surface area contributed by atoms with Gasteiger partial charge in [-0.25, -0.2) is 9.13 Å². The number of hydrogen-bond acceptors (Lipinski definition) is 15. The Morgan fingerprint density at radius 2 is 0.588 bits per heavy atom.